The molecular formula is C26H26O4. The van der Waals surface area contributed by atoms with Crippen LogP contribution < -0.4 is 0 Å². The Hall–Kier alpha value is -3.92. The lowest BCUT2D eigenvalue weighted by molar-refractivity contribution is -0.134. The van der Waals surface area contributed by atoms with Gasteiger partial charge in [0.1, 0.15) is 0 Å². The number of hydrogen-bond acceptors (Lipinski definition) is 4. The number of carbonyl (C=O) groups excluding carboxylic acids is 2. The van der Waals surface area contributed by atoms with E-state index in [1.54, 1.807) is 0 Å². The van der Waals surface area contributed by atoms with E-state index in [0.29, 0.717) is 24.0 Å². The van der Waals surface area contributed by atoms with Crippen LogP contribution >= 0.6 is 0 Å². The first-order valence-corrected chi connectivity index (χ1v) is 9.16. The van der Waals surface area contributed by atoms with Gasteiger partial charge in [-0.05, 0) is 16.7 Å². The molecule has 0 fully saturated rings. The Balaban J connectivity index is 0.000000467. The van der Waals surface area contributed by atoms with Crippen molar-refractivity contribution in [2.45, 2.75) is 12.8 Å². The number of rotatable bonds is 9. The van der Waals surface area contributed by atoms with Crippen LogP contribution in [0.5, 0.6) is 0 Å². The number of esters is 2. The Bertz CT molecular complexity index is 868. The molecule has 4 nitrogen and oxygen atoms in total. The molecule has 0 aliphatic heterocycles. The first-order valence-electron chi connectivity index (χ1n) is 9.16. The maximum Gasteiger partial charge on any atom is 0.338 e. The summed E-state index contributed by atoms with van der Waals surface area (Å²) in [5.41, 5.74) is 3.49. The zero-order chi connectivity index (χ0) is 22.4. The molecule has 0 saturated carbocycles. The molecule has 0 atom stereocenters. The molecule has 30 heavy (non-hydrogen) atoms. The summed E-state index contributed by atoms with van der Waals surface area (Å²) in [7, 11) is 0. The second-order valence-corrected chi connectivity index (χ2v) is 6.09. The van der Waals surface area contributed by atoms with E-state index in [1.165, 1.54) is 5.56 Å². The summed E-state index contributed by atoms with van der Waals surface area (Å²) in [6, 6.07) is 17.4. The average Bonchev–Trinajstić information content (AvgIpc) is 2.76. The molecule has 0 aliphatic carbocycles. The number of ether oxygens (including phenoxy) is 2. The lowest BCUT2D eigenvalue weighted by Gasteiger charge is -2.11. The van der Waals surface area contributed by atoms with Crippen molar-refractivity contribution in [2.75, 3.05) is 0 Å². The van der Waals surface area contributed by atoms with Crippen molar-refractivity contribution in [1.82, 2.24) is 0 Å². The largest absolute Gasteiger partial charge is 0.432 e. The van der Waals surface area contributed by atoms with Crippen molar-refractivity contribution in [2.24, 2.45) is 0 Å². The summed E-state index contributed by atoms with van der Waals surface area (Å²) in [5.74, 6) is -1.07. The third-order valence-electron chi connectivity index (χ3n) is 3.92. The van der Waals surface area contributed by atoms with Crippen LogP contribution in [0.25, 0.3) is 6.08 Å². The second-order valence-electron chi connectivity index (χ2n) is 6.09. The van der Waals surface area contributed by atoms with E-state index in [1.807, 2.05) is 60.7 Å². The molecule has 0 aromatic heterocycles. The van der Waals surface area contributed by atoms with Gasteiger partial charge in [-0.25, -0.2) is 9.59 Å². The van der Waals surface area contributed by atoms with Gasteiger partial charge in [0.15, 0.2) is 0 Å². The Morgan fingerprint density at radius 1 is 0.700 bits per heavy atom. The van der Waals surface area contributed by atoms with Gasteiger partial charge in [-0.15, -0.1) is 0 Å². The van der Waals surface area contributed by atoms with Crippen LogP contribution in [0.3, 0.4) is 0 Å². The Morgan fingerprint density at radius 3 is 1.43 bits per heavy atom. The summed E-state index contributed by atoms with van der Waals surface area (Å²) < 4.78 is 9.38. The number of carbonyl (C=O) groups is 2. The van der Waals surface area contributed by atoms with E-state index in [0.717, 1.165) is 23.7 Å². The monoisotopic (exact) mass is 402 g/mol. The van der Waals surface area contributed by atoms with Crippen LogP contribution in [0.2, 0.25) is 0 Å². The summed E-state index contributed by atoms with van der Waals surface area (Å²) in [5, 5.41) is 0. The standard InChI is InChI=1S/C18H18O4.C8H8/c1-5-21-17(19)13(3)11-15-9-7-8-10-16(15)12-14(4)18(20)22-6-2;1-2-8-6-4-3-5-7-8/h5-10H,1-4,11-12H2;2-7H,1H2. The maximum atomic E-state index is 11.6. The highest BCUT2D eigenvalue weighted by molar-refractivity contribution is 5.89. The zero-order valence-corrected chi connectivity index (χ0v) is 17.0. The second kappa shape index (κ2) is 13.3. The van der Waals surface area contributed by atoms with E-state index in [9.17, 15) is 9.59 Å². The van der Waals surface area contributed by atoms with Gasteiger partial charge in [0.25, 0.3) is 0 Å². The topological polar surface area (TPSA) is 52.6 Å². The fourth-order valence-electron chi connectivity index (χ4n) is 2.41. The van der Waals surface area contributed by atoms with Crippen molar-refractivity contribution in [3.63, 3.8) is 0 Å². The smallest absolute Gasteiger partial charge is 0.338 e. The van der Waals surface area contributed by atoms with Gasteiger partial charge in [0.2, 0.25) is 0 Å². The molecule has 0 saturated heterocycles. The maximum absolute atomic E-state index is 11.6. The van der Waals surface area contributed by atoms with Crippen molar-refractivity contribution >= 4 is 18.0 Å². The third kappa shape index (κ3) is 8.40. The molecule has 0 bridgehead atoms. The van der Waals surface area contributed by atoms with E-state index in [4.69, 9.17) is 0 Å². The van der Waals surface area contributed by atoms with Crippen molar-refractivity contribution in [3.8, 4) is 0 Å². The minimum Gasteiger partial charge on any atom is -0.432 e. The van der Waals surface area contributed by atoms with Gasteiger partial charge in [-0.2, -0.15) is 0 Å². The lowest BCUT2D eigenvalue weighted by atomic mass is 9.96. The quantitative estimate of drug-likeness (QED) is 0.312. The highest BCUT2D eigenvalue weighted by Gasteiger charge is 2.14. The number of benzene rings is 2. The summed E-state index contributed by atoms with van der Waals surface area (Å²) >= 11 is 0. The normalized spacial score (nSPS) is 9.20. The molecule has 154 valence electrons. The minimum absolute atomic E-state index is 0.298. The fraction of sp³-hybridized carbons (Fsp3) is 0.0769. The van der Waals surface area contributed by atoms with Crippen LogP contribution in [0.1, 0.15) is 16.7 Å². The van der Waals surface area contributed by atoms with Crippen LogP contribution in [0.15, 0.2) is 111 Å². The highest BCUT2D eigenvalue weighted by atomic mass is 16.5. The van der Waals surface area contributed by atoms with Gasteiger partial charge in [-0.3, -0.25) is 0 Å². The third-order valence-corrected chi connectivity index (χ3v) is 3.92. The molecular weight excluding hydrogens is 376 g/mol. The predicted octanol–water partition coefficient (Wildman–Crippen LogP) is 5.59. The van der Waals surface area contributed by atoms with Crippen molar-refractivity contribution in [1.29, 1.82) is 0 Å². The Kier molecular flexibility index (Phi) is 10.7. The minimum atomic E-state index is -0.533. The molecule has 2 rings (SSSR count). The lowest BCUT2D eigenvalue weighted by Crippen LogP contribution is -2.09. The van der Waals surface area contributed by atoms with Gasteiger partial charge < -0.3 is 9.47 Å². The van der Waals surface area contributed by atoms with E-state index in [2.05, 4.69) is 42.4 Å². The Labute approximate surface area is 178 Å². The van der Waals surface area contributed by atoms with Gasteiger partial charge in [-0.1, -0.05) is 93.6 Å². The zero-order valence-electron chi connectivity index (χ0n) is 17.0. The van der Waals surface area contributed by atoms with Crippen LogP contribution in [-0.4, -0.2) is 11.9 Å². The Morgan fingerprint density at radius 2 is 1.10 bits per heavy atom. The molecule has 0 unspecified atom stereocenters. The van der Waals surface area contributed by atoms with E-state index < -0.39 is 11.9 Å². The van der Waals surface area contributed by atoms with Crippen LogP contribution in [0.4, 0.5) is 0 Å². The van der Waals surface area contributed by atoms with Gasteiger partial charge >= 0.3 is 11.9 Å². The van der Waals surface area contributed by atoms with Crippen molar-refractivity contribution in [3.05, 3.63) is 128 Å². The molecule has 2 aromatic rings. The molecule has 2 aromatic carbocycles. The first kappa shape index (κ1) is 24.1. The molecule has 0 aliphatic rings. The van der Waals surface area contributed by atoms with Gasteiger partial charge in [0, 0.05) is 24.0 Å². The molecule has 4 heteroatoms. The fourth-order valence-corrected chi connectivity index (χ4v) is 2.41. The summed E-state index contributed by atoms with van der Waals surface area (Å²) in [4.78, 5) is 23.2. The average molecular weight is 402 g/mol. The molecule has 0 heterocycles. The van der Waals surface area contributed by atoms with E-state index >= 15 is 0 Å². The van der Waals surface area contributed by atoms with Crippen LogP contribution in [-0.2, 0) is 31.9 Å². The molecule has 0 amide bonds. The molecule has 0 spiro atoms. The highest BCUT2D eigenvalue weighted by Crippen LogP contribution is 2.17. The van der Waals surface area contributed by atoms with E-state index in [-0.39, 0.29) is 0 Å². The van der Waals surface area contributed by atoms with Crippen LogP contribution in [0, 0.1) is 0 Å². The first-order chi connectivity index (χ1) is 14.4. The summed E-state index contributed by atoms with van der Waals surface area (Å²) in [6.45, 7) is 17.7. The molecule has 0 radical (unpaired) electrons. The number of hydrogen-bond donors (Lipinski definition) is 0. The summed E-state index contributed by atoms with van der Waals surface area (Å²) in [6.07, 6.45) is 4.58. The molecule has 0 N–H and O–H groups in total. The van der Waals surface area contributed by atoms with Gasteiger partial charge in [0.05, 0.1) is 12.5 Å². The predicted molar refractivity (Wildman–Crippen MR) is 121 cm³/mol. The van der Waals surface area contributed by atoms with Crippen molar-refractivity contribution < 1.29 is 19.1 Å². The SMILES string of the molecule is C=COC(=O)C(=C)Cc1ccccc1CC(=C)C(=O)OC=C.C=Cc1ccccc1.